The van der Waals surface area contributed by atoms with E-state index in [9.17, 15) is 9.59 Å². The minimum atomic E-state index is -0.385. The summed E-state index contributed by atoms with van der Waals surface area (Å²) in [6.45, 7) is 3.73. The topological polar surface area (TPSA) is 105 Å². The lowest BCUT2D eigenvalue weighted by atomic mass is 10.1. The molecule has 1 heterocycles. The van der Waals surface area contributed by atoms with Crippen LogP contribution in [0.2, 0.25) is 10.0 Å². The van der Waals surface area contributed by atoms with Crippen molar-refractivity contribution in [3.05, 3.63) is 123 Å². The fourth-order valence-corrected chi connectivity index (χ4v) is 5.36. The van der Waals surface area contributed by atoms with Crippen molar-refractivity contribution in [3.8, 4) is 17.0 Å². The second-order valence-electron chi connectivity index (χ2n) is 9.82. The molecule has 0 aliphatic heterocycles. The van der Waals surface area contributed by atoms with E-state index in [4.69, 9.17) is 27.9 Å². The summed E-state index contributed by atoms with van der Waals surface area (Å²) in [6, 6.07) is 25.7. The lowest BCUT2D eigenvalue weighted by Gasteiger charge is -2.11. The number of nitrogens with one attached hydrogen (secondary N) is 3. The molecule has 0 bridgehead atoms. The Morgan fingerprint density at radius 2 is 1.50 bits per heavy atom. The molecule has 5 aromatic rings. The Morgan fingerprint density at radius 1 is 0.886 bits per heavy atom. The molecule has 2 amide bonds. The van der Waals surface area contributed by atoms with Gasteiger partial charge in [0.25, 0.3) is 11.8 Å². The number of aryl methyl sites for hydroxylation is 2. The maximum atomic E-state index is 12.6. The van der Waals surface area contributed by atoms with Crippen LogP contribution in [0.4, 0.5) is 16.5 Å². The Labute approximate surface area is 268 Å². The van der Waals surface area contributed by atoms with Gasteiger partial charge < -0.3 is 15.4 Å². The van der Waals surface area contributed by atoms with Crippen LogP contribution in [0.3, 0.4) is 0 Å². The van der Waals surface area contributed by atoms with Crippen molar-refractivity contribution in [2.24, 2.45) is 5.10 Å². The van der Waals surface area contributed by atoms with Crippen LogP contribution in [0.1, 0.15) is 27.0 Å². The average Bonchev–Trinajstić information content (AvgIpc) is 3.47. The number of nitrogens with zero attached hydrogens (tertiary/aromatic N) is 2. The molecule has 3 N–H and O–H groups in total. The maximum absolute atomic E-state index is 12.6. The van der Waals surface area contributed by atoms with Gasteiger partial charge in [0.2, 0.25) is 0 Å². The van der Waals surface area contributed by atoms with Gasteiger partial charge in [-0.25, -0.2) is 10.4 Å². The van der Waals surface area contributed by atoms with E-state index in [-0.39, 0.29) is 34.2 Å². The number of halogens is 2. The van der Waals surface area contributed by atoms with Gasteiger partial charge in [0.05, 0.1) is 22.0 Å². The first-order chi connectivity index (χ1) is 21.2. The molecule has 4 aromatic carbocycles. The molecule has 0 atom stereocenters. The fourth-order valence-electron chi connectivity index (χ4n) is 4.01. The second kappa shape index (κ2) is 14.2. The van der Waals surface area contributed by atoms with Gasteiger partial charge in [0.15, 0.2) is 17.5 Å². The highest BCUT2D eigenvalue weighted by Crippen LogP contribution is 2.34. The van der Waals surface area contributed by atoms with Crippen LogP contribution >= 0.6 is 34.5 Å². The molecule has 0 unspecified atom stereocenters. The number of thiazole rings is 1. The molecule has 0 fully saturated rings. The zero-order valence-corrected chi connectivity index (χ0v) is 26.1. The molecule has 5 rings (SSSR count). The number of amides is 2. The number of carbonyl (C=O) groups excluding carboxylic acids is 2. The molecule has 0 radical (unpaired) electrons. The first-order valence-electron chi connectivity index (χ1n) is 13.4. The third-order valence-corrected chi connectivity index (χ3v) is 7.65. The number of hydrogen-bond donors (Lipinski definition) is 3. The van der Waals surface area contributed by atoms with Gasteiger partial charge in [-0.1, -0.05) is 70.7 Å². The number of aromatic nitrogens is 1. The Morgan fingerprint density at radius 3 is 2.14 bits per heavy atom. The predicted octanol–water partition coefficient (Wildman–Crippen LogP) is 8.26. The summed E-state index contributed by atoms with van der Waals surface area (Å²) in [5.74, 6) is -0.565. The summed E-state index contributed by atoms with van der Waals surface area (Å²) < 4.78 is 5.56. The molecule has 44 heavy (non-hydrogen) atoms. The molecule has 1 aromatic heterocycles. The third kappa shape index (κ3) is 8.23. The maximum Gasteiger partial charge on any atom is 0.271 e. The number of hydrazone groups is 1. The van der Waals surface area contributed by atoms with Crippen LogP contribution in [-0.2, 0) is 4.79 Å². The predicted molar refractivity (Wildman–Crippen MR) is 179 cm³/mol. The normalized spacial score (nSPS) is 10.9. The number of rotatable bonds is 10. The summed E-state index contributed by atoms with van der Waals surface area (Å²) in [5.41, 5.74) is 9.07. The SMILES string of the molecule is Cc1ccc(NC(=O)COc2c(Cl)cc(/C=N/NC(=O)c3ccc(-c4csc(Nc5ccc(C)cc5)n4)cc3)cc2Cl)cc1. The molecular weight excluding hydrogens is 617 g/mol. The van der Waals surface area contributed by atoms with Crippen LogP contribution in [-0.4, -0.2) is 29.6 Å². The fraction of sp³-hybridized carbons (Fsp3) is 0.0909. The van der Waals surface area contributed by atoms with E-state index < -0.39 is 0 Å². The lowest BCUT2D eigenvalue weighted by Crippen LogP contribution is -2.20. The van der Waals surface area contributed by atoms with Gasteiger partial charge >= 0.3 is 0 Å². The van der Waals surface area contributed by atoms with E-state index in [1.807, 2.05) is 67.8 Å². The Bertz CT molecular complexity index is 1780. The van der Waals surface area contributed by atoms with Crippen LogP contribution in [0.5, 0.6) is 5.75 Å². The highest BCUT2D eigenvalue weighted by Gasteiger charge is 2.13. The molecular formula is C33H27Cl2N5O3S. The standard InChI is InChI=1S/C33H27Cl2N5O3S/c1-20-3-11-25(12-4-20)37-30(41)18-43-31-27(34)15-22(16-28(31)35)17-36-40-32(42)24-9-7-23(8-10-24)29-19-44-33(39-29)38-26-13-5-21(2)6-14-26/h3-17,19H,18H2,1-2H3,(H,37,41)(H,38,39)(H,40,42)/b36-17+. The van der Waals surface area contributed by atoms with E-state index in [0.29, 0.717) is 16.8 Å². The summed E-state index contributed by atoms with van der Waals surface area (Å²) in [6.07, 6.45) is 1.41. The van der Waals surface area contributed by atoms with Gasteiger partial charge in [-0.2, -0.15) is 5.10 Å². The van der Waals surface area contributed by atoms with Gasteiger partial charge in [-0.15, -0.1) is 11.3 Å². The van der Waals surface area contributed by atoms with E-state index in [1.54, 1.807) is 36.4 Å². The summed E-state index contributed by atoms with van der Waals surface area (Å²) in [4.78, 5) is 29.5. The minimum Gasteiger partial charge on any atom is -0.481 e. The quantitative estimate of drug-likeness (QED) is 0.105. The van der Waals surface area contributed by atoms with Gasteiger partial charge in [-0.05, 0) is 67.9 Å². The monoisotopic (exact) mass is 643 g/mol. The van der Waals surface area contributed by atoms with E-state index in [1.165, 1.54) is 23.1 Å². The average molecular weight is 645 g/mol. The van der Waals surface area contributed by atoms with Crippen LogP contribution < -0.4 is 20.8 Å². The van der Waals surface area contributed by atoms with Gasteiger partial charge in [0, 0.05) is 27.9 Å². The molecule has 0 aliphatic carbocycles. The van der Waals surface area contributed by atoms with Crippen molar-refractivity contribution in [2.45, 2.75) is 13.8 Å². The number of benzene rings is 4. The summed E-state index contributed by atoms with van der Waals surface area (Å²) >= 11 is 14.2. The van der Waals surface area contributed by atoms with E-state index >= 15 is 0 Å². The van der Waals surface area contributed by atoms with Crippen molar-refractivity contribution < 1.29 is 14.3 Å². The first-order valence-corrected chi connectivity index (χ1v) is 15.1. The molecule has 8 nitrogen and oxygen atoms in total. The zero-order valence-electron chi connectivity index (χ0n) is 23.7. The number of hydrogen-bond acceptors (Lipinski definition) is 7. The van der Waals surface area contributed by atoms with Crippen molar-refractivity contribution in [1.29, 1.82) is 0 Å². The van der Waals surface area contributed by atoms with Crippen molar-refractivity contribution >= 4 is 69.1 Å². The summed E-state index contributed by atoms with van der Waals surface area (Å²) in [5, 5.41) is 13.2. The van der Waals surface area contributed by atoms with Crippen LogP contribution in [0.25, 0.3) is 11.3 Å². The highest BCUT2D eigenvalue weighted by atomic mass is 35.5. The largest absolute Gasteiger partial charge is 0.481 e. The minimum absolute atomic E-state index is 0.173. The van der Waals surface area contributed by atoms with Gasteiger partial charge in [0.1, 0.15) is 0 Å². The zero-order chi connectivity index (χ0) is 31.1. The number of ether oxygens (including phenoxy) is 1. The molecule has 11 heteroatoms. The first kappa shape index (κ1) is 30.7. The molecule has 222 valence electrons. The smallest absolute Gasteiger partial charge is 0.271 e. The summed E-state index contributed by atoms with van der Waals surface area (Å²) in [7, 11) is 0. The lowest BCUT2D eigenvalue weighted by molar-refractivity contribution is -0.118. The Balaban J connectivity index is 1.13. The highest BCUT2D eigenvalue weighted by molar-refractivity contribution is 7.14. The van der Waals surface area contributed by atoms with Crippen molar-refractivity contribution in [2.75, 3.05) is 17.2 Å². The van der Waals surface area contributed by atoms with Crippen LogP contribution in [0, 0.1) is 13.8 Å². The Hall–Kier alpha value is -4.70. The third-order valence-electron chi connectivity index (χ3n) is 6.33. The van der Waals surface area contributed by atoms with Crippen molar-refractivity contribution in [3.63, 3.8) is 0 Å². The second-order valence-corrected chi connectivity index (χ2v) is 11.5. The van der Waals surface area contributed by atoms with Crippen LogP contribution in [0.15, 0.2) is 95.4 Å². The number of carbonyl (C=O) groups is 2. The molecule has 0 aliphatic rings. The van der Waals surface area contributed by atoms with E-state index in [0.717, 1.165) is 27.6 Å². The van der Waals surface area contributed by atoms with Crippen molar-refractivity contribution in [1.82, 2.24) is 10.4 Å². The molecule has 0 saturated carbocycles. The molecule has 0 spiro atoms. The Kier molecular flexibility index (Phi) is 9.91. The number of anilines is 3. The molecule has 0 saturated heterocycles. The van der Waals surface area contributed by atoms with E-state index in [2.05, 4.69) is 26.1 Å². The van der Waals surface area contributed by atoms with Gasteiger partial charge in [-0.3, -0.25) is 9.59 Å².